The zero-order valence-electron chi connectivity index (χ0n) is 14.9. The molecule has 0 unspecified atom stereocenters. The Balaban J connectivity index is 1.92. The van der Waals surface area contributed by atoms with E-state index < -0.39 is 25.2 Å². The second kappa shape index (κ2) is 10.9. The third-order valence-electron chi connectivity index (χ3n) is 4.10. The Hall–Kier alpha value is -0.883. The summed E-state index contributed by atoms with van der Waals surface area (Å²) in [5.41, 5.74) is 0. The maximum Gasteiger partial charge on any atom is 0.333 e. The number of hydrogen-bond donors (Lipinski definition) is 0. The van der Waals surface area contributed by atoms with Crippen LogP contribution in [-0.4, -0.2) is 30.2 Å². The average Bonchev–Trinajstić information content (AvgIpc) is 2.80. The van der Waals surface area contributed by atoms with Crippen molar-refractivity contribution in [2.75, 3.05) is 0 Å². The monoisotopic (exact) mass is 375 g/mol. The molecule has 1 aliphatic rings. The highest BCUT2D eigenvalue weighted by Gasteiger charge is 2.32. The summed E-state index contributed by atoms with van der Waals surface area (Å²) in [5, 5.41) is 0.618. The lowest BCUT2D eigenvalue weighted by atomic mass is 10.1. The summed E-state index contributed by atoms with van der Waals surface area (Å²) in [6.45, 7) is 4.38. The van der Waals surface area contributed by atoms with E-state index in [4.69, 9.17) is 15.9 Å². The van der Waals surface area contributed by atoms with Gasteiger partial charge in [-0.1, -0.05) is 58.0 Å². The molecule has 24 heavy (non-hydrogen) atoms. The Kier molecular flexibility index (Phi) is 9.59. The molecule has 0 spiro atoms. The van der Waals surface area contributed by atoms with Crippen LogP contribution in [0.2, 0.25) is 19.1 Å². The van der Waals surface area contributed by atoms with Crippen LogP contribution in [0.1, 0.15) is 70.6 Å². The maximum absolute atomic E-state index is 11.6. The van der Waals surface area contributed by atoms with Gasteiger partial charge < -0.3 is 4.84 Å². The number of carbonyl (C=O) groups excluding carboxylic acids is 3. The molecule has 0 saturated carbocycles. The van der Waals surface area contributed by atoms with Gasteiger partial charge in [-0.15, -0.1) is 5.06 Å². The highest BCUT2D eigenvalue weighted by Crippen LogP contribution is 2.19. The van der Waals surface area contributed by atoms with E-state index >= 15 is 0 Å². The van der Waals surface area contributed by atoms with E-state index in [-0.39, 0.29) is 19.3 Å². The van der Waals surface area contributed by atoms with E-state index in [1.807, 2.05) is 0 Å². The lowest BCUT2D eigenvalue weighted by molar-refractivity contribution is -0.197. The number of imide groups is 1. The molecule has 0 aliphatic carbocycles. The van der Waals surface area contributed by atoms with Gasteiger partial charge >= 0.3 is 5.97 Å². The van der Waals surface area contributed by atoms with Crippen molar-refractivity contribution < 1.29 is 19.2 Å². The minimum atomic E-state index is -1.39. The molecular formula is C17H30ClNO4Si. The lowest BCUT2D eigenvalue weighted by Crippen LogP contribution is -2.31. The molecule has 0 aromatic carbocycles. The summed E-state index contributed by atoms with van der Waals surface area (Å²) >= 11 is 6.29. The molecule has 1 rings (SSSR count). The number of carbonyl (C=O) groups is 3. The van der Waals surface area contributed by atoms with Crippen molar-refractivity contribution in [2.24, 2.45) is 0 Å². The quantitative estimate of drug-likeness (QED) is 0.217. The van der Waals surface area contributed by atoms with Gasteiger partial charge in [0.15, 0.2) is 0 Å². The molecule has 0 radical (unpaired) electrons. The number of halogens is 1. The van der Waals surface area contributed by atoms with Gasteiger partial charge in [-0.3, -0.25) is 9.59 Å². The summed E-state index contributed by atoms with van der Waals surface area (Å²) in [6.07, 6.45) is 9.49. The van der Waals surface area contributed by atoms with Crippen molar-refractivity contribution in [2.45, 2.75) is 89.8 Å². The van der Waals surface area contributed by atoms with Crippen LogP contribution in [0.15, 0.2) is 0 Å². The van der Waals surface area contributed by atoms with Gasteiger partial charge in [-0.2, -0.15) is 11.1 Å². The predicted molar refractivity (Wildman–Crippen MR) is 96.9 cm³/mol. The van der Waals surface area contributed by atoms with Gasteiger partial charge in [-0.25, -0.2) is 4.79 Å². The fourth-order valence-corrected chi connectivity index (χ4v) is 4.17. The first kappa shape index (κ1) is 21.2. The van der Waals surface area contributed by atoms with Crippen molar-refractivity contribution in [3.8, 4) is 0 Å². The van der Waals surface area contributed by atoms with Crippen LogP contribution in [0.5, 0.6) is 0 Å². The van der Waals surface area contributed by atoms with Crippen molar-refractivity contribution in [3.63, 3.8) is 0 Å². The Labute approximate surface area is 150 Å². The van der Waals surface area contributed by atoms with Gasteiger partial charge in [0, 0.05) is 19.3 Å². The number of unbranched alkanes of at least 4 members (excludes halogenated alkanes) is 7. The second-order valence-electron chi connectivity index (χ2n) is 7.09. The van der Waals surface area contributed by atoms with Gasteiger partial charge in [0.05, 0.1) is 0 Å². The highest BCUT2D eigenvalue weighted by molar-refractivity contribution is 7.19. The van der Waals surface area contributed by atoms with Gasteiger partial charge in [0.1, 0.15) is 7.38 Å². The Bertz CT molecular complexity index is 421. The summed E-state index contributed by atoms with van der Waals surface area (Å²) in [4.78, 5) is 39.1. The minimum absolute atomic E-state index is 0.136. The van der Waals surface area contributed by atoms with Crippen LogP contribution < -0.4 is 0 Å². The van der Waals surface area contributed by atoms with Crippen molar-refractivity contribution in [1.82, 2.24) is 5.06 Å². The zero-order chi connectivity index (χ0) is 18.0. The summed E-state index contributed by atoms with van der Waals surface area (Å²) < 4.78 is 0. The summed E-state index contributed by atoms with van der Waals surface area (Å²) in [6, 6.07) is 1.19. The predicted octanol–water partition coefficient (Wildman–Crippen LogP) is 4.55. The first-order valence-corrected chi connectivity index (χ1v) is 13.3. The Morgan fingerprint density at radius 1 is 0.958 bits per heavy atom. The highest BCUT2D eigenvalue weighted by atomic mass is 35.6. The number of rotatable bonds is 12. The molecule has 1 aliphatic heterocycles. The van der Waals surface area contributed by atoms with Gasteiger partial charge in [0.25, 0.3) is 11.8 Å². The lowest BCUT2D eigenvalue weighted by Gasteiger charge is -2.12. The van der Waals surface area contributed by atoms with Crippen molar-refractivity contribution >= 4 is 36.2 Å². The van der Waals surface area contributed by atoms with E-state index in [9.17, 15) is 14.4 Å². The number of hydroxylamine groups is 2. The largest absolute Gasteiger partial charge is 0.333 e. The van der Waals surface area contributed by atoms with Crippen LogP contribution >= 0.6 is 11.1 Å². The molecule has 2 amide bonds. The van der Waals surface area contributed by atoms with Gasteiger partial charge in [0.2, 0.25) is 0 Å². The molecule has 0 aromatic heterocycles. The molecule has 0 aromatic rings. The fourth-order valence-electron chi connectivity index (χ4n) is 2.68. The van der Waals surface area contributed by atoms with Crippen molar-refractivity contribution in [3.05, 3.63) is 0 Å². The Morgan fingerprint density at radius 3 is 1.92 bits per heavy atom. The Morgan fingerprint density at radius 2 is 1.42 bits per heavy atom. The number of amides is 2. The third-order valence-corrected chi connectivity index (χ3v) is 6.21. The van der Waals surface area contributed by atoms with Gasteiger partial charge in [-0.05, 0) is 12.5 Å². The van der Waals surface area contributed by atoms with E-state index in [1.165, 1.54) is 38.1 Å². The van der Waals surface area contributed by atoms with E-state index in [2.05, 4.69) is 13.1 Å². The molecule has 0 N–H and O–H groups in total. The molecule has 5 nitrogen and oxygen atoms in total. The molecule has 0 atom stereocenters. The molecule has 1 fully saturated rings. The molecule has 7 heteroatoms. The molecule has 138 valence electrons. The first-order chi connectivity index (χ1) is 11.3. The normalized spacial score (nSPS) is 15.2. The van der Waals surface area contributed by atoms with E-state index in [1.54, 1.807) is 0 Å². The molecule has 1 heterocycles. The third kappa shape index (κ3) is 9.42. The average molecular weight is 376 g/mol. The molecular weight excluding hydrogens is 346 g/mol. The van der Waals surface area contributed by atoms with E-state index in [0.717, 1.165) is 19.3 Å². The van der Waals surface area contributed by atoms with Crippen LogP contribution in [0.3, 0.4) is 0 Å². The van der Waals surface area contributed by atoms with Crippen LogP contribution in [0.25, 0.3) is 0 Å². The smallest absolute Gasteiger partial charge is 0.330 e. The van der Waals surface area contributed by atoms with Crippen molar-refractivity contribution in [1.29, 1.82) is 0 Å². The summed E-state index contributed by atoms with van der Waals surface area (Å²) in [7, 11) is -1.39. The standard InChI is InChI=1S/C17H30ClNO4Si/c1-24(2,18)14-10-8-6-4-3-5-7-9-11-17(22)23-19-15(20)12-13-16(19)21/h3-14H2,1-2H3. The summed E-state index contributed by atoms with van der Waals surface area (Å²) in [5.74, 6) is -1.34. The minimum Gasteiger partial charge on any atom is -0.330 e. The number of nitrogens with zero attached hydrogens (tertiary/aromatic N) is 1. The topological polar surface area (TPSA) is 63.7 Å². The molecule has 1 saturated heterocycles. The second-order valence-corrected chi connectivity index (χ2v) is 14.1. The van der Waals surface area contributed by atoms with Crippen LogP contribution in [0.4, 0.5) is 0 Å². The maximum atomic E-state index is 11.6. The number of hydrogen-bond acceptors (Lipinski definition) is 4. The van der Waals surface area contributed by atoms with Crippen LogP contribution in [-0.2, 0) is 19.2 Å². The first-order valence-electron chi connectivity index (χ1n) is 9.05. The van der Waals surface area contributed by atoms with E-state index in [0.29, 0.717) is 5.06 Å². The van der Waals surface area contributed by atoms with Crippen LogP contribution in [0, 0.1) is 0 Å². The fraction of sp³-hybridized carbons (Fsp3) is 0.824. The molecule has 0 bridgehead atoms. The SMILES string of the molecule is C[Si](C)(Cl)CCCCCCCCCCC(=O)ON1C(=O)CCC1=O. The zero-order valence-corrected chi connectivity index (χ0v) is 16.7.